The highest BCUT2D eigenvalue weighted by Gasteiger charge is 2.13. The van der Waals surface area contributed by atoms with Crippen molar-refractivity contribution in [3.05, 3.63) is 29.8 Å². The summed E-state index contributed by atoms with van der Waals surface area (Å²) in [4.78, 5) is 24.0. The molecule has 0 aliphatic heterocycles. The van der Waals surface area contributed by atoms with Crippen molar-refractivity contribution in [3.8, 4) is 0 Å². The molecule has 5 nitrogen and oxygen atoms in total. The third-order valence-electron chi connectivity index (χ3n) is 4.60. The number of carbonyl (C=O) groups is 2. The molecule has 5 heteroatoms. The van der Waals surface area contributed by atoms with Crippen molar-refractivity contribution >= 4 is 17.6 Å². The first-order valence-electron chi connectivity index (χ1n) is 9.50. The van der Waals surface area contributed by atoms with Crippen LogP contribution in [-0.4, -0.2) is 24.5 Å². The van der Waals surface area contributed by atoms with Gasteiger partial charge in [-0.05, 0) is 50.8 Å². The number of carbonyl (C=O) groups excluding carboxylic acids is 2. The molecule has 138 valence electrons. The first-order valence-corrected chi connectivity index (χ1v) is 9.50. The number of nitrogens with one attached hydrogen (secondary N) is 3. The van der Waals surface area contributed by atoms with Crippen molar-refractivity contribution in [2.45, 2.75) is 64.8 Å². The maximum Gasteiger partial charge on any atom is 0.319 e. The largest absolute Gasteiger partial charge is 0.352 e. The topological polar surface area (TPSA) is 70.2 Å². The van der Waals surface area contributed by atoms with Crippen molar-refractivity contribution in [2.24, 2.45) is 5.92 Å². The molecule has 1 aliphatic carbocycles. The molecule has 0 saturated heterocycles. The van der Waals surface area contributed by atoms with Gasteiger partial charge in [0.2, 0.25) is 0 Å². The van der Waals surface area contributed by atoms with E-state index in [2.05, 4.69) is 16.0 Å². The fourth-order valence-electron chi connectivity index (χ4n) is 3.34. The molecular weight excluding hydrogens is 314 g/mol. The summed E-state index contributed by atoms with van der Waals surface area (Å²) in [7, 11) is 0. The van der Waals surface area contributed by atoms with E-state index in [4.69, 9.17) is 0 Å². The first-order chi connectivity index (χ1) is 12.0. The number of anilines is 1. The minimum Gasteiger partial charge on any atom is -0.352 e. The van der Waals surface area contributed by atoms with Crippen LogP contribution in [0, 0.1) is 5.92 Å². The van der Waals surface area contributed by atoms with Gasteiger partial charge in [-0.3, -0.25) is 4.79 Å². The SMILES string of the molecule is CC(C)NC(=O)Nc1cccc(C(=O)NCCCC2CCCCC2)c1. The Bertz CT molecular complexity index is 566. The normalized spacial score (nSPS) is 15.0. The Morgan fingerprint density at radius 2 is 1.92 bits per heavy atom. The Kier molecular flexibility index (Phi) is 7.76. The van der Waals surface area contributed by atoms with Crippen molar-refractivity contribution in [1.82, 2.24) is 10.6 Å². The first kappa shape index (κ1) is 19.3. The summed E-state index contributed by atoms with van der Waals surface area (Å²) in [6.45, 7) is 4.51. The average Bonchev–Trinajstić information content (AvgIpc) is 2.59. The third-order valence-corrected chi connectivity index (χ3v) is 4.60. The molecule has 1 aliphatic rings. The van der Waals surface area contributed by atoms with Gasteiger partial charge < -0.3 is 16.0 Å². The van der Waals surface area contributed by atoms with E-state index >= 15 is 0 Å². The molecule has 0 bridgehead atoms. The van der Waals surface area contributed by atoms with Crippen molar-refractivity contribution in [1.29, 1.82) is 0 Å². The van der Waals surface area contributed by atoms with Gasteiger partial charge in [0.1, 0.15) is 0 Å². The summed E-state index contributed by atoms with van der Waals surface area (Å²) in [5, 5.41) is 8.50. The second-order valence-electron chi connectivity index (χ2n) is 7.24. The van der Waals surface area contributed by atoms with Gasteiger partial charge in [-0.15, -0.1) is 0 Å². The molecule has 0 heterocycles. The number of hydrogen-bond acceptors (Lipinski definition) is 2. The number of urea groups is 1. The molecule has 1 saturated carbocycles. The van der Waals surface area contributed by atoms with Crippen molar-refractivity contribution in [2.75, 3.05) is 11.9 Å². The Hall–Kier alpha value is -2.04. The van der Waals surface area contributed by atoms with E-state index in [1.54, 1.807) is 24.3 Å². The van der Waals surface area contributed by atoms with Gasteiger partial charge in [-0.2, -0.15) is 0 Å². The summed E-state index contributed by atoms with van der Waals surface area (Å²) in [5.74, 6) is 0.759. The number of hydrogen-bond donors (Lipinski definition) is 3. The molecule has 1 fully saturated rings. The minimum absolute atomic E-state index is 0.0654. The monoisotopic (exact) mass is 345 g/mol. The molecule has 3 N–H and O–H groups in total. The second kappa shape index (κ2) is 10.1. The summed E-state index contributed by atoms with van der Waals surface area (Å²) in [6, 6.07) is 6.83. The van der Waals surface area contributed by atoms with Gasteiger partial charge >= 0.3 is 6.03 Å². The second-order valence-corrected chi connectivity index (χ2v) is 7.24. The van der Waals surface area contributed by atoms with E-state index in [-0.39, 0.29) is 18.0 Å². The maximum absolute atomic E-state index is 12.3. The standard InChI is InChI=1S/C20H31N3O2/c1-15(2)22-20(25)23-18-12-6-11-17(14-18)19(24)21-13-7-10-16-8-4-3-5-9-16/h6,11-12,14-16H,3-5,7-10,13H2,1-2H3,(H,21,24)(H2,22,23,25). The molecule has 1 aromatic rings. The molecule has 1 aromatic carbocycles. The molecule has 0 spiro atoms. The van der Waals surface area contributed by atoms with Crippen LogP contribution in [0.25, 0.3) is 0 Å². The molecule has 25 heavy (non-hydrogen) atoms. The molecule has 2 rings (SSSR count). The predicted molar refractivity (Wildman–Crippen MR) is 102 cm³/mol. The Labute approximate surface area is 151 Å². The Balaban J connectivity index is 1.75. The van der Waals surface area contributed by atoms with Gasteiger partial charge in [0.15, 0.2) is 0 Å². The molecule has 3 amide bonds. The van der Waals surface area contributed by atoms with Crippen LogP contribution in [0.3, 0.4) is 0 Å². The van der Waals surface area contributed by atoms with Crippen LogP contribution in [0.15, 0.2) is 24.3 Å². The third kappa shape index (κ3) is 7.16. The van der Waals surface area contributed by atoms with E-state index in [0.717, 1.165) is 12.3 Å². The van der Waals surface area contributed by atoms with Crippen LogP contribution in [0.1, 0.15) is 69.2 Å². The molecule has 0 radical (unpaired) electrons. The number of rotatable bonds is 7. The quantitative estimate of drug-likeness (QED) is 0.645. The highest BCUT2D eigenvalue weighted by atomic mass is 16.2. The zero-order chi connectivity index (χ0) is 18.1. The maximum atomic E-state index is 12.3. The van der Waals surface area contributed by atoms with Crippen LogP contribution in [0.2, 0.25) is 0 Å². The summed E-state index contributed by atoms with van der Waals surface area (Å²) in [5.41, 5.74) is 1.19. The van der Waals surface area contributed by atoms with Crippen LogP contribution in [0.5, 0.6) is 0 Å². The summed E-state index contributed by atoms with van der Waals surface area (Å²) in [6.07, 6.45) is 9.04. The minimum atomic E-state index is -0.264. The van der Waals surface area contributed by atoms with Gasteiger partial charge in [-0.1, -0.05) is 38.2 Å². The van der Waals surface area contributed by atoms with E-state index in [1.807, 2.05) is 13.8 Å². The van der Waals surface area contributed by atoms with E-state index in [1.165, 1.54) is 38.5 Å². The lowest BCUT2D eigenvalue weighted by Gasteiger charge is -2.21. The summed E-state index contributed by atoms with van der Waals surface area (Å²) < 4.78 is 0. The van der Waals surface area contributed by atoms with Gasteiger partial charge in [0.25, 0.3) is 5.91 Å². The van der Waals surface area contributed by atoms with Crippen molar-refractivity contribution in [3.63, 3.8) is 0 Å². The Morgan fingerprint density at radius 1 is 1.16 bits per heavy atom. The molecule has 0 atom stereocenters. The molecular formula is C20H31N3O2. The summed E-state index contributed by atoms with van der Waals surface area (Å²) >= 11 is 0. The van der Waals surface area contributed by atoms with Crippen LogP contribution in [0.4, 0.5) is 10.5 Å². The zero-order valence-corrected chi connectivity index (χ0v) is 15.4. The van der Waals surface area contributed by atoms with Gasteiger partial charge in [0.05, 0.1) is 0 Å². The predicted octanol–water partition coefficient (Wildman–Crippen LogP) is 4.31. The van der Waals surface area contributed by atoms with Crippen LogP contribution >= 0.6 is 0 Å². The smallest absolute Gasteiger partial charge is 0.319 e. The van der Waals surface area contributed by atoms with Crippen LogP contribution in [-0.2, 0) is 0 Å². The lowest BCUT2D eigenvalue weighted by molar-refractivity contribution is 0.0952. The molecule has 0 unspecified atom stereocenters. The molecule has 0 aromatic heterocycles. The highest BCUT2D eigenvalue weighted by molar-refractivity contribution is 5.96. The lowest BCUT2D eigenvalue weighted by Crippen LogP contribution is -2.34. The Morgan fingerprint density at radius 3 is 2.64 bits per heavy atom. The van der Waals surface area contributed by atoms with E-state index in [0.29, 0.717) is 17.8 Å². The van der Waals surface area contributed by atoms with Crippen molar-refractivity contribution < 1.29 is 9.59 Å². The number of benzene rings is 1. The fourth-order valence-corrected chi connectivity index (χ4v) is 3.34. The fraction of sp³-hybridized carbons (Fsp3) is 0.600. The lowest BCUT2D eigenvalue weighted by atomic mass is 9.86. The van der Waals surface area contributed by atoms with Crippen LogP contribution < -0.4 is 16.0 Å². The number of amides is 3. The van der Waals surface area contributed by atoms with Gasteiger partial charge in [0, 0.05) is 23.8 Å². The van der Waals surface area contributed by atoms with Gasteiger partial charge in [-0.25, -0.2) is 4.79 Å². The average molecular weight is 345 g/mol. The van der Waals surface area contributed by atoms with E-state index < -0.39 is 0 Å². The zero-order valence-electron chi connectivity index (χ0n) is 15.4. The van der Waals surface area contributed by atoms with E-state index in [9.17, 15) is 9.59 Å². The highest BCUT2D eigenvalue weighted by Crippen LogP contribution is 2.26.